The Bertz CT molecular complexity index is 724. The van der Waals surface area contributed by atoms with Crippen LogP contribution >= 0.6 is 0 Å². The standard InChI is InChI=1S/C44H85NO4/c1-3-5-7-9-11-13-15-17-18-19-20-21-22-23-24-25-27-28-30-32-34-36-38-42(47)44(49)41(40-46)45-43(48)39-37-35-33-31-29-26-16-14-12-10-8-6-4-2/h26,29-30,32,41-42,44,46-47,49H,3-25,27-28,31,33-40H2,1-2H3,(H,45,48)/b29-26-,32-30+. The lowest BCUT2D eigenvalue weighted by molar-refractivity contribution is -0.124. The van der Waals surface area contributed by atoms with E-state index in [4.69, 9.17) is 0 Å². The average molecular weight is 692 g/mol. The predicted octanol–water partition coefficient (Wildman–Crippen LogP) is 12.2. The molecular weight excluding hydrogens is 606 g/mol. The van der Waals surface area contributed by atoms with E-state index in [9.17, 15) is 20.1 Å². The van der Waals surface area contributed by atoms with Crippen LogP contribution in [0.25, 0.3) is 0 Å². The molecule has 49 heavy (non-hydrogen) atoms. The van der Waals surface area contributed by atoms with Crippen molar-refractivity contribution in [2.24, 2.45) is 0 Å². The van der Waals surface area contributed by atoms with Gasteiger partial charge in [0.25, 0.3) is 0 Å². The van der Waals surface area contributed by atoms with Gasteiger partial charge < -0.3 is 20.6 Å². The summed E-state index contributed by atoms with van der Waals surface area (Å²) < 4.78 is 0. The third-order valence-electron chi connectivity index (χ3n) is 10.0. The molecule has 1 amide bonds. The largest absolute Gasteiger partial charge is 0.394 e. The molecule has 0 saturated carbocycles. The Morgan fingerprint density at radius 1 is 0.490 bits per heavy atom. The Hall–Kier alpha value is -1.17. The van der Waals surface area contributed by atoms with Gasteiger partial charge >= 0.3 is 0 Å². The maximum absolute atomic E-state index is 12.4. The van der Waals surface area contributed by atoms with Crippen molar-refractivity contribution in [2.45, 2.75) is 244 Å². The summed E-state index contributed by atoms with van der Waals surface area (Å²) in [5.74, 6) is -0.170. The molecule has 0 saturated heterocycles. The van der Waals surface area contributed by atoms with Crippen molar-refractivity contribution in [2.75, 3.05) is 6.61 Å². The van der Waals surface area contributed by atoms with Gasteiger partial charge in [0.1, 0.15) is 6.10 Å². The van der Waals surface area contributed by atoms with Gasteiger partial charge in [0.15, 0.2) is 0 Å². The number of amides is 1. The highest BCUT2D eigenvalue weighted by atomic mass is 16.3. The zero-order valence-electron chi connectivity index (χ0n) is 32.8. The number of hydrogen-bond acceptors (Lipinski definition) is 4. The fraction of sp³-hybridized carbons (Fsp3) is 0.886. The van der Waals surface area contributed by atoms with E-state index in [0.29, 0.717) is 12.8 Å². The highest BCUT2D eigenvalue weighted by Gasteiger charge is 2.26. The maximum Gasteiger partial charge on any atom is 0.220 e. The summed E-state index contributed by atoms with van der Waals surface area (Å²) in [6.45, 7) is 4.15. The highest BCUT2D eigenvalue weighted by molar-refractivity contribution is 5.76. The molecule has 3 unspecified atom stereocenters. The van der Waals surface area contributed by atoms with Gasteiger partial charge in [0.05, 0.1) is 18.8 Å². The maximum atomic E-state index is 12.4. The van der Waals surface area contributed by atoms with Crippen LogP contribution in [0, 0.1) is 0 Å². The molecule has 0 aliphatic carbocycles. The van der Waals surface area contributed by atoms with E-state index in [1.54, 1.807) is 0 Å². The van der Waals surface area contributed by atoms with Crippen molar-refractivity contribution in [3.63, 3.8) is 0 Å². The summed E-state index contributed by atoms with van der Waals surface area (Å²) in [5.41, 5.74) is 0. The van der Waals surface area contributed by atoms with Crippen molar-refractivity contribution < 1.29 is 20.1 Å². The highest BCUT2D eigenvalue weighted by Crippen LogP contribution is 2.15. The fourth-order valence-electron chi connectivity index (χ4n) is 6.63. The Balaban J connectivity index is 3.66. The lowest BCUT2D eigenvalue weighted by atomic mass is 10.0. The van der Waals surface area contributed by atoms with E-state index in [1.165, 1.54) is 154 Å². The van der Waals surface area contributed by atoms with Crippen molar-refractivity contribution >= 4 is 5.91 Å². The fourth-order valence-corrected chi connectivity index (χ4v) is 6.63. The van der Waals surface area contributed by atoms with Crippen LogP contribution in [0.4, 0.5) is 0 Å². The average Bonchev–Trinajstić information content (AvgIpc) is 3.10. The number of carbonyl (C=O) groups excluding carboxylic acids is 1. The van der Waals surface area contributed by atoms with Gasteiger partial charge in [-0.3, -0.25) is 4.79 Å². The minimum atomic E-state index is -1.16. The lowest BCUT2D eigenvalue weighted by Crippen LogP contribution is -2.50. The van der Waals surface area contributed by atoms with Crippen LogP contribution in [0.1, 0.15) is 226 Å². The summed E-state index contributed by atoms with van der Waals surface area (Å²) in [6, 6.07) is -0.831. The molecule has 290 valence electrons. The van der Waals surface area contributed by atoms with E-state index in [-0.39, 0.29) is 12.5 Å². The zero-order valence-corrected chi connectivity index (χ0v) is 32.8. The number of unbranched alkanes of at least 4 members (excludes halogenated alkanes) is 27. The molecule has 5 nitrogen and oxygen atoms in total. The molecule has 0 aliphatic rings. The lowest BCUT2D eigenvalue weighted by Gasteiger charge is -2.26. The molecule has 5 heteroatoms. The minimum Gasteiger partial charge on any atom is -0.394 e. The molecule has 4 N–H and O–H groups in total. The van der Waals surface area contributed by atoms with Gasteiger partial charge in [0, 0.05) is 6.42 Å². The van der Waals surface area contributed by atoms with Crippen LogP contribution in [0.15, 0.2) is 24.3 Å². The summed E-state index contributed by atoms with van der Waals surface area (Å²) in [7, 11) is 0. The molecule has 0 aromatic rings. The third kappa shape index (κ3) is 35.0. The molecule has 0 rings (SSSR count). The molecule has 0 aromatic heterocycles. The van der Waals surface area contributed by atoms with Crippen LogP contribution in [0.2, 0.25) is 0 Å². The van der Waals surface area contributed by atoms with Crippen LogP contribution in [-0.2, 0) is 4.79 Å². The van der Waals surface area contributed by atoms with Gasteiger partial charge in [-0.15, -0.1) is 0 Å². The third-order valence-corrected chi connectivity index (χ3v) is 10.0. The molecular formula is C44H85NO4. The normalized spacial score (nSPS) is 13.8. The van der Waals surface area contributed by atoms with Crippen molar-refractivity contribution in [1.82, 2.24) is 5.32 Å². The molecule has 0 heterocycles. The van der Waals surface area contributed by atoms with Crippen LogP contribution in [0.3, 0.4) is 0 Å². The van der Waals surface area contributed by atoms with E-state index in [2.05, 4.69) is 43.5 Å². The van der Waals surface area contributed by atoms with Crippen molar-refractivity contribution in [3.8, 4) is 0 Å². The molecule has 3 atom stereocenters. The van der Waals surface area contributed by atoms with Crippen molar-refractivity contribution in [1.29, 1.82) is 0 Å². The number of carbonyl (C=O) groups is 1. The van der Waals surface area contributed by atoms with Crippen molar-refractivity contribution in [3.05, 3.63) is 24.3 Å². The molecule has 0 radical (unpaired) electrons. The second-order valence-electron chi connectivity index (χ2n) is 14.9. The summed E-state index contributed by atoms with van der Waals surface area (Å²) in [5, 5.41) is 33.4. The van der Waals surface area contributed by atoms with Crippen LogP contribution in [-0.4, -0.2) is 46.1 Å². The summed E-state index contributed by atoms with van der Waals surface area (Å²) in [6.07, 6.45) is 47.2. The Morgan fingerprint density at radius 2 is 0.816 bits per heavy atom. The van der Waals surface area contributed by atoms with Crippen LogP contribution < -0.4 is 5.32 Å². The molecule has 0 bridgehead atoms. The van der Waals surface area contributed by atoms with E-state index in [1.807, 2.05) is 0 Å². The number of nitrogens with one attached hydrogen (secondary N) is 1. The number of rotatable bonds is 39. The second kappa shape index (κ2) is 39.6. The van der Waals surface area contributed by atoms with Gasteiger partial charge in [-0.25, -0.2) is 0 Å². The summed E-state index contributed by atoms with van der Waals surface area (Å²) >= 11 is 0. The molecule has 0 aromatic carbocycles. The number of aliphatic hydroxyl groups excluding tert-OH is 3. The SMILES string of the molecule is CCCCCCCC/C=C\CCCCCC(=O)NC(CO)C(O)C(O)CCC/C=C/CCCCCCCCCCCCCCCCCCC. The van der Waals surface area contributed by atoms with Crippen LogP contribution in [0.5, 0.6) is 0 Å². The van der Waals surface area contributed by atoms with Gasteiger partial charge in [-0.05, 0) is 64.2 Å². The Kier molecular flexibility index (Phi) is 38.7. The first-order valence-electron chi connectivity index (χ1n) is 21.6. The first-order chi connectivity index (χ1) is 24.1. The topological polar surface area (TPSA) is 89.8 Å². The quantitative estimate of drug-likeness (QED) is 0.0381. The van der Waals surface area contributed by atoms with E-state index >= 15 is 0 Å². The van der Waals surface area contributed by atoms with E-state index < -0.39 is 18.2 Å². The van der Waals surface area contributed by atoms with E-state index in [0.717, 1.165) is 44.9 Å². The monoisotopic (exact) mass is 692 g/mol. The predicted molar refractivity (Wildman–Crippen MR) is 213 cm³/mol. The summed E-state index contributed by atoms with van der Waals surface area (Å²) in [4.78, 5) is 12.4. The molecule has 0 fully saturated rings. The Labute approximate surface area is 305 Å². The Morgan fingerprint density at radius 3 is 1.18 bits per heavy atom. The molecule has 0 spiro atoms. The second-order valence-corrected chi connectivity index (χ2v) is 14.9. The zero-order chi connectivity index (χ0) is 35.9. The van der Waals surface area contributed by atoms with Gasteiger partial charge in [-0.1, -0.05) is 179 Å². The molecule has 0 aliphatic heterocycles. The number of allylic oxidation sites excluding steroid dienone is 4. The first kappa shape index (κ1) is 47.8. The number of hydrogen-bond donors (Lipinski definition) is 4. The minimum absolute atomic E-state index is 0.170. The van der Waals surface area contributed by atoms with Gasteiger partial charge in [-0.2, -0.15) is 0 Å². The first-order valence-corrected chi connectivity index (χ1v) is 21.6. The smallest absolute Gasteiger partial charge is 0.220 e. The van der Waals surface area contributed by atoms with Gasteiger partial charge in [0.2, 0.25) is 5.91 Å². The number of aliphatic hydroxyl groups is 3.